The van der Waals surface area contributed by atoms with Gasteiger partial charge in [0, 0.05) is 19.3 Å². The molecule has 2 unspecified atom stereocenters. The molecule has 2 atom stereocenters. The SMILES string of the molecule is CC1CN(S(=O)(=O)c2cnc(NN)c(Cl)c2)CC(CO)O1. The van der Waals surface area contributed by atoms with Crippen LogP contribution in [0.15, 0.2) is 17.2 Å². The zero-order chi connectivity index (χ0) is 15.6. The van der Waals surface area contributed by atoms with Gasteiger partial charge < -0.3 is 15.3 Å². The lowest BCUT2D eigenvalue weighted by molar-refractivity contribution is -0.0750. The van der Waals surface area contributed by atoms with E-state index in [1.54, 1.807) is 6.92 Å². The fraction of sp³-hybridized carbons (Fsp3) is 0.545. The number of nitrogens with one attached hydrogen (secondary N) is 1. The largest absolute Gasteiger partial charge is 0.394 e. The first-order valence-electron chi connectivity index (χ1n) is 6.27. The molecular weight excluding hydrogens is 320 g/mol. The van der Waals surface area contributed by atoms with Crippen molar-refractivity contribution in [1.82, 2.24) is 9.29 Å². The van der Waals surface area contributed by atoms with Crippen molar-refractivity contribution < 1.29 is 18.3 Å². The third kappa shape index (κ3) is 3.44. The molecule has 2 rings (SSSR count). The number of hydrazine groups is 1. The molecule has 0 bridgehead atoms. The molecule has 10 heteroatoms. The number of nitrogens with two attached hydrogens (primary N) is 1. The van der Waals surface area contributed by atoms with E-state index in [9.17, 15) is 13.5 Å². The number of sulfonamides is 1. The Morgan fingerprint density at radius 3 is 2.90 bits per heavy atom. The number of hydrogen-bond donors (Lipinski definition) is 3. The van der Waals surface area contributed by atoms with Gasteiger partial charge in [0.15, 0.2) is 5.82 Å². The molecular formula is C11H17ClN4O4S. The fourth-order valence-electron chi connectivity index (χ4n) is 2.12. The van der Waals surface area contributed by atoms with Crippen molar-refractivity contribution in [1.29, 1.82) is 0 Å². The Balaban J connectivity index is 2.30. The zero-order valence-electron chi connectivity index (χ0n) is 11.4. The van der Waals surface area contributed by atoms with Crippen molar-refractivity contribution >= 4 is 27.4 Å². The van der Waals surface area contributed by atoms with Gasteiger partial charge in [-0.3, -0.25) is 0 Å². The lowest BCUT2D eigenvalue weighted by Gasteiger charge is -2.35. The van der Waals surface area contributed by atoms with Crippen LogP contribution in [0.3, 0.4) is 0 Å². The second-order valence-electron chi connectivity index (χ2n) is 4.72. The maximum Gasteiger partial charge on any atom is 0.244 e. The van der Waals surface area contributed by atoms with E-state index in [0.717, 1.165) is 0 Å². The Hall–Kier alpha value is -0.970. The summed E-state index contributed by atoms with van der Waals surface area (Å²) in [4.78, 5) is 3.83. The first-order valence-corrected chi connectivity index (χ1v) is 8.09. The number of aliphatic hydroxyl groups excluding tert-OH is 1. The predicted octanol–water partition coefficient (Wildman–Crippen LogP) is -0.209. The van der Waals surface area contributed by atoms with Crippen LogP contribution in [0, 0.1) is 0 Å². The summed E-state index contributed by atoms with van der Waals surface area (Å²) < 4.78 is 31.9. The normalized spacial score (nSPS) is 24.0. The van der Waals surface area contributed by atoms with Gasteiger partial charge in [-0.05, 0) is 13.0 Å². The topological polar surface area (TPSA) is 118 Å². The molecule has 21 heavy (non-hydrogen) atoms. The summed E-state index contributed by atoms with van der Waals surface area (Å²) in [7, 11) is -3.76. The maximum atomic E-state index is 12.6. The van der Waals surface area contributed by atoms with Crippen molar-refractivity contribution in [3.8, 4) is 0 Å². The minimum absolute atomic E-state index is 0.0303. The molecule has 1 aromatic heterocycles. The number of nitrogen functional groups attached to an aromatic ring is 1. The number of nitrogens with zero attached hydrogens (tertiary/aromatic N) is 2. The maximum absolute atomic E-state index is 12.6. The fourth-order valence-corrected chi connectivity index (χ4v) is 3.92. The van der Waals surface area contributed by atoms with E-state index in [-0.39, 0.29) is 41.5 Å². The van der Waals surface area contributed by atoms with E-state index < -0.39 is 16.1 Å². The Bertz CT molecular complexity index is 612. The molecule has 0 spiro atoms. The first kappa shape index (κ1) is 16.4. The second kappa shape index (κ2) is 6.42. The van der Waals surface area contributed by atoms with Crippen molar-refractivity contribution in [2.45, 2.75) is 24.0 Å². The molecule has 0 aliphatic carbocycles. The minimum atomic E-state index is -3.76. The third-order valence-electron chi connectivity index (χ3n) is 3.09. The number of anilines is 1. The Labute approximate surface area is 127 Å². The number of aliphatic hydroxyl groups is 1. The molecule has 1 aliphatic rings. The molecule has 0 saturated carbocycles. The van der Waals surface area contributed by atoms with E-state index >= 15 is 0 Å². The van der Waals surface area contributed by atoms with Crippen molar-refractivity contribution in [3.63, 3.8) is 0 Å². The monoisotopic (exact) mass is 336 g/mol. The summed E-state index contributed by atoms with van der Waals surface area (Å²) in [5, 5.41) is 9.28. The summed E-state index contributed by atoms with van der Waals surface area (Å²) in [5.74, 6) is 5.40. The summed E-state index contributed by atoms with van der Waals surface area (Å²) in [5.41, 5.74) is 2.27. The highest BCUT2D eigenvalue weighted by Crippen LogP contribution is 2.25. The van der Waals surface area contributed by atoms with Gasteiger partial charge in [-0.25, -0.2) is 19.2 Å². The Kier molecular flexibility index (Phi) is 5.02. The highest BCUT2D eigenvalue weighted by atomic mass is 35.5. The minimum Gasteiger partial charge on any atom is -0.394 e. The average molecular weight is 337 g/mol. The number of ether oxygens (including phenoxy) is 1. The number of morpholine rings is 1. The highest BCUT2D eigenvalue weighted by Gasteiger charge is 2.34. The predicted molar refractivity (Wildman–Crippen MR) is 77.2 cm³/mol. The molecule has 8 nitrogen and oxygen atoms in total. The summed E-state index contributed by atoms with van der Waals surface area (Å²) in [6.45, 7) is 1.79. The molecule has 118 valence electrons. The van der Waals surface area contributed by atoms with Gasteiger partial charge in [0.2, 0.25) is 10.0 Å². The Morgan fingerprint density at radius 1 is 1.62 bits per heavy atom. The molecule has 0 aromatic carbocycles. The molecule has 1 aromatic rings. The standard InChI is InChI=1S/C11H17ClN4O4S/c1-7-4-16(5-8(6-17)20-7)21(18,19)9-2-10(12)11(15-13)14-3-9/h2-3,7-8,17H,4-6,13H2,1H3,(H,14,15). The number of pyridine rings is 1. The van der Waals surface area contributed by atoms with Crippen LogP contribution in [0.5, 0.6) is 0 Å². The van der Waals surface area contributed by atoms with Gasteiger partial charge in [0.1, 0.15) is 4.90 Å². The quantitative estimate of drug-likeness (QED) is 0.514. The molecule has 1 fully saturated rings. The smallest absolute Gasteiger partial charge is 0.244 e. The van der Waals surface area contributed by atoms with Gasteiger partial charge in [-0.15, -0.1) is 0 Å². The van der Waals surface area contributed by atoms with Crippen LogP contribution in [0.2, 0.25) is 5.02 Å². The van der Waals surface area contributed by atoms with Gasteiger partial charge in [0.25, 0.3) is 0 Å². The molecule has 1 aliphatic heterocycles. The lowest BCUT2D eigenvalue weighted by atomic mass is 10.2. The number of halogens is 1. The van der Waals surface area contributed by atoms with Crippen LogP contribution >= 0.6 is 11.6 Å². The van der Waals surface area contributed by atoms with Gasteiger partial charge in [0.05, 0.1) is 23.8 Å². The number of aromatic nitrogens is 1. The van der Waals surface area contributed by atoms with E-state index in [1.165, 1.54) is 16.6 Å². The van der Waals surface area contributed by atoms with Crippen LogP contribution in [0.25, 0.3) is 0 Å². The number of hydrogen-bond acceptors (Lipinski definition) is 7. The molecule has 1 saturated heterocycles. The van der Waals surface area contributed by atoms with Crippen molar-refractivity contribution in [2.75, 3.05) is 25.1 Å². The summed E-state index contributed by atoms with van der Waals surface area (Å²) in [6.07, 6.45) is 0.334. The molecule has 2 heterocycles. The van der Waals surface area contributed by atoms with E-state index in [2.05, 4.69) is 10.4 Å². The highest BCUT2D eigenvalue weighted by molar-refractivity contribution is 7.89. The van der Waals surface area contributed by atoms with Gasteiger partial charge >= 0.3 is 0 Å². The average Bonchev–Trinajstić information content (AvgIpc) is 2.46. The lowest BCUT2D eigenvalue weighted by Crippen LogP contribution is -2.50. The molecule has 0 amide bonds. The van der Waals surface area contributed by atoms with E-state index in [4.69, 9.17) is 22.2 Å². The number of rotatable bonds is 4. The van der Waals surface area contributed by atoms with Crippen molar-refractivity contribution in [3.05, 3.63) is 17.3 Å². The van der Waals surface area contributed by atoms with E-state index in [0.29, 0.717) is 0 Å². The molecule has 0 radical (unpaired) electrons. The van der Waals surface area contributed by atoms with Crippen LogP contribution in [0.4, 0.5) is 5.82 Å². The van der Waals surface area contributed by atoms with Crippen molar-refractivity contribution in [2.24, 2.45) is 5.84 Å². The van der Waals surface area contributed by atoms with Crippen LogP contribution in [0.1, 0.15) is 6.92 Å². The van der Waals surface area contributed by atoms with Crippen LogP contribution < -0.4 is 11.3 Å². The summed E-state index contributed by atoms with van der Waals surface area (Å²) >= 11 is 5.91. The van der Waals surface area contributed by atoms with Gasteiger partial charge in [-0.2, -0.15) is 4.31 Å². The third-order valence-corrected chi connectivity index (χ3v) is 5.17. The first-order chi connectivity index (χ1) is 9.88. The van der Waals surface area contributed by atoms with Crippen LogP contribution in [-0.2, 0) is 14.8 Å². The Morgan fingerprint density at radius 2 is 2.33 bits per heavy atom. The second-order valence-corrected chi connectivity index (χ2v) is 7.06. The zero-order valence-corrected chi connectivity index (χ0v) is 12.9. The summed E-state index contributed by atoms with van der Waals surface area (Å²) in [6, 6.07) is 1.28. The molecule has 4 N–H and O–H groups in total. The van der Waals surface area contributed by atoms with E-state index in [1.807, 2.05) is 0 Å². The van der Waals surface area contributed by atoms with Gasteiger partial charge in [-0.1, -0.05) is 11.6 Å². The van der Waals surface area contributed by atoms with Crippen LogP contribution in [-0.4, -0.2) is 54.7 Å².